The number of aromatic nitrogens is 2. The van der Waals surface area contributed by atoms with Crippen molar-refractivity contribution in [2.75, 3.05) is 25.6 Å². The van der Waals surface area contributed by atoms with Crippen LogP contribution in [0.4, 0.5) is 5.69 Å². The number of nitrogens with one attached hydrogen (secondary N) is 1. The van der Waals surface area contributed by atoms with E-state index in [1.165, 1.54) is 0 Å². The van der Waals surface area contributed by atoms with Crippen LogP contribution in [0.3, 0.4) is 0 Å². The van der Waals surface area contributed by atoms with Crippen molar-refractivity contribution in [1.82, 2.24) is 9.78 Å². The van der Waals surface area contributed by atoms with Crippen molar-refractivity contribution in [2.24, 2.45) is 0 Å². The highest BCUT2D eigenvalue weighted by Gasteiger charge is 2.22. The summed E-state index contributed by atoms with van der Waals surface area (Å²) >= 11 is 0. The first-order chi connectivity index (χ1) is 12.8. The lowest BCUT2D eigenvalue weighted by Crippen LogP contribution is -2.25. The van der Waals surface area contributed by atoms with Gasteiger partial charge in [-0.25, -0.2) is 0 Å². The Morgan fingerprint density at radius 1 is 1.15 bits per heavy atom. The number of ether oxygens (including phenoxy) is 2. The van der Waals surface area contributed by atoms with Crippen LogP contribution >= 0.6 is 0 Å². The summed E-state index contributed by atoms with van der Waals surface area (Å²) in [7, 11) is 1.65. The lowest BCUT2D eigenvalue weighted by molar-refractivity contribution is 0.0647. The number of rotatable bonds is 4. The van der Waals surface area contributed by atoms with E-state index in [2.05, 4.69) is 10.4 Å². The van der Waals surface area contributed by atoms with Crippen LogP contribution in [0.5, 0.6) is 5.75 Å². The van der Waals surface area contributed by atoms with Crippen molar-refractivity contribution in [3.05, 3.63) is 54.4 Å². The van der Waals surface area contributed by atoms with Crippen LogP contribution in [-0.2, 0) is 4.74 Å². The Bertz CT molecular complexity index is 929. The molecule has 1 aromatic heterocycles. The molecule has 0 unspecified atom stereocenters. The summed E-state index contributed by atoms with van der Waals surface area (Å²) in [6, 6.07) is 13.6. The number of hydrogen-bond donors (Lipinski definition) is 1. The van der Waals surface area contributed by atoms with E-state index < -0.39 is 0 Å². The van der Waals surface area contributed by atoms with Gasteiger partial charge in [0.15, 0.2) is 0 Å². The van der Waals surface area contributed by atoms with E-state index in [4.69, 9.17) is 9.47 Å². The van der Waals surface area contributed by atoms with Gasteiger partial charge in [-0.3, -0.25) is 9.48 Å². The monoisotopic (exact) mass is 351 g/mol. The maximum atomic E-state index is 12.9. The maximum Gasteiger partial charge on any atom is 0.273 e. The third kappa shape index (κ3) is 3.04. The lowest BCUT2D eigenvalue weighted by Gasteiger charge is -2.24. The third-order valence-electron chi connectivity index (χ3n) is 4.79. The van der Waals surface area contributed by atoms with Crippen LogP contribution in [0.15, 0.2) is 48.7 Å². The third-order valence-corrected chi connectivity index (χ3v) is 4.79. The molecule has 26 heavy (non-hydrogen) atoms. The van der Waals surface area contributed by atoms with Crippen molar-refractivity contribution in [3.8, 4) is 5.75 Å². The average molecular weight is 351 g/mol. The van der Waals surface area contributed by atoms with Crippen molar-refractivity contribution >= 4 is 22.4 Å². The molecule has 0 atom stereocenters. The van der Waals surface area contributed by atoms with Gasteiger partial charge < -0.3 is 14.8 Å². The summed E-state index contributed by atoms with van der Waals surface area (Å²) in [6.07, 6.45) is 3.41. The standard InChI is InChI=1S/C20H21N3O3/c1-25-19-7-6-17(15-4-2-3-5-16(15)19)22-20(24)18-8-11-21-23(18)14-9-12-26-13-10-14/h2-8,11,14H,9-10,12-13H2,1H3,(H,22,24). The summed E-state index contributed by atoms with van der Waals surface area (Å²) < 4.78 is 12.7. The fourth-order valence-corrected chi connectivity index (χ4v) is 3.46. The lowest BCUT2D eigenvalue weighted by atomic mass is 10.1. The van der Waals surface area contributed by atoms with E-state index in [1.807, 2.05) is 41.1 Å². The molecule has 0 bridgehead atoms. The van der Waals surface area contributed by atoms with Crippen molar-refractivity contribution in [2.45, 2.75) is 18.9 Å². The van der Waals surface area contributed by atoms with Crippen molar-refractivity contribution < 1.29 is 14.3 Å². The Morgan fingerprint density at radius 2 is 1.92 bits per heavy atom. The molecule has 0 saturated carbocycles. The zero-order valence-electron chi connectivity index (χ0n) is 14.6. The Morgan fingerprint density at radius 3 is 2.69 bits per heavy atom. The maximum absolute atomic E-state index is 12.9. The van der Waals surface area contributed by atoms with Crippen LogP contribution in [-0.4, -0.2) is 36.0 Å². The molecule has 3 aromatic rings. The van der Waals surface area contributed by atoms with Gasteiger partial charge in [0.25, 0.3) is 5.91 Å². The fraction of sp³-hybridized carbons (Fsp3) is 0.300. The van der Waals surface area contributed by atoms with Gasteiger partial charge in [0, 0.05) is 35.9 Å². The Labute approximate surface area is 151 Å². The van der Waals surface area contributed by atoms with Gasteiger partial charge in [0.1, 0.15) is 11.4 Å². The highest BCUT2D eigenvalue weighted by atomic mass is 16.5. The molecule has 0 radical (unpaired) electrons. The van der Waals surface area contributed by atoms with Gasteiger partial charge in [-0.05, 0) is 31.0 Å². The second kappa shape index (κ2) is 7.17. The van der Waals surface area contributed by atoms with Gasteiger partial charge in [-0.2, -0.15) is 5.10 Å². The first kappa shape index (κ1) is 16.6. The summed E-state index contributed by atoms with van der Waals surface area (Å²) in [4.78, 5) is 12.9. The molecular formula is C20H21N3O3. The normalized spacial score (nSPS) is 15.1. The topological polar surface area (TPSA) is 65.4 Å². The molecule has 2 aromatic carbocycles. The number of nitrogens with zero attached hydrogens (tertiary/aromatic N) is 2. The number of fused-ring (bicyclic) bond motifs is 1. The number of benzene rings is 2. The number of methoxy groups -OCH3 is 1. The van der Waals surface area contributed by atoms with E-state index in [0.29, 0.717) is 18.9 Å². The predicted molar refractivity (Wildman–Crippen MR) is 99.8 cm³/mol. The van der Waals surface area contributed by atoms with Crippen LogP contribution in [0.25, 0.3) is 10.8 Å². The molecule has 0 spiro atoms. The predicted octanol–water partition coefficient (Wildman–Crippen LogP) is 3.65. The van der Waals surface area contributed by atoms with E-state index in [-0.39, 0.29) is 11.9 Å². The van der Waals surface area contributed by atoms with Crippen LogP contribution in [0, 0.1) is 0 Å². The smallest absolute Gasteiger partial charge is 0.273 e. The largest absolute Gasteiger partial charge is 0.496 e. The molecule has 1 aliphatic rings. The summed E-state index contributed by atoms with van der Waals surface area (Å²) in [6.45, 7) is 1.41. The fourth-order valence-electron chi connectivity index (χ4n) is 3.46. The second-order valence-electron chi connectivity index (χ2n) is 6.32. The van der Waals surface area contributed by atoms with E-state index >= 15 is 0 Å². The van der Waals surface area contributed by atoms with E-state index in [1.54, 1.807) is 19.4 Å². The van der Waals surface area contributed by atoms with E-state index in [0.717, 1.165) is 35.1 Å². The van der Waals surface area contributed by atoms with Crippen molar-refractivity contribution in [1.29, 1.82) is 0 Å². The Balaban J connectivity index is 1.64. The molecule has 1 fully saturated rings. The van der Waals surface area contributed by atoms with Crippen LogP contribution < -0.4 is 10.1 Å². The molecule has 1 aliphatic heterocycles. The minimum absolute atomic E-state index is 0.163. The number of amides is 1. The summed E-state index contributed by atoms with van der Waals surface area (Å²) in [5.74, 6) is 0.621. The van der Waals surface area contributed by atoms with Gasteiger partial charge in [-0.15, -0.1) is 0 Å². The molecule has 1 amide bonds. The van der Waals surface area contributed by atoms with Crippen LogP contribution in [0.2, 0.25) is 0 Å². The van der Waals surface area contributed by atoms with Crippen LogP contribution in [0.1, 0.15) is 29.4 Å². The highest BCUT2D eigenvalue weighted by molar-refractivity contribution is 6.09. The second-order valence-corrected chi connectivity index (χ2v) is 6.32. The van der Waals surface area contributed by atoms with Gasteiger partial charge >= 0.3 is 0 Å². The van der Waals surface area contributed by atoms with E-state index in [9.17, 15) is 4.79 Å². The zero-order chi connectivity index (χ0) is 17.9. The first-order valence-electron chi connectivity index (χ1n) is 8.76. The SMILES string of the molecule is COc1ccc(NC(=O)c2ccnn2C2CCOCC2)c2ccccc12. The molecular weight excluding hydrogens is 330 g/mol. The quantitative estimate of drug-likeness (QED) is 0.779. The Kier molecular flexibility index (Phi) is 4.58. The molecule has 2 heterocycles. The number of carbonyl (C=O) groups is 1. The average Bonchev–Trinajstić information content (AvgIpc) is 3.19. The molecule has 0 aliphatic carbocycles. The Hall–Kier alpha value is -2.86. The molecule has 134 valence electrons. The summed E-state index contributed by atoms with van der Waals surface area (Å²) in [5, 5.41) is 9.31. The van der Waals surface area contributed by atoms with Gasteiger partial charge in [0.05, 0.1) is 13.2 Å². The molecule has 1 N–H and O–H groups in total. The highest BCUT2D eigenvalue weighted by Crippen LogP contribution is 2.32. The molecule has 6 heteroatoms. The van der Waals surface area contributed by atoms with Crippen molar-refractivity contribution in [3.63, 3.8) is 0 Å². The summed E-state index contributed by atoms with van der Waals surface area (Å²) in [5.41, 5.74) is 1.32. The minimum atomic E-state index is -0.163. The number of anilines is 1. The molecule has 6 nitrogen and oxygen atoms in total. The molecule has 4 rings (SSSR count). The number of hydrogen-bond acceptors (Lipinski definition) is 4. The minimum Gasteiger partial charge on any atom is -0.496 e. The first-order valence-corrected chi connectivity index (χ1v) is 8.76. The number of carbonyl (C=O) groups excluding carboxylic acids is 1. The molecule has 1 saturated heterocycles. The van der Waals surface area contributed by atoms with Gasteiger partial charge in [-0.1, -0.05) is 24.3 Å². The van der Waals surface area contributed by atoms with Gasteiger partial charge in [0.2, 0.25) is 0 Å². The zero-order valence-corrected chi connectivity index (χ0v) is 14.6.